The quantitative estimate of drug-likeness (QED) is 0.434. The second-order valence-corrected chi connectivity index (χ2v) is 7.48. The molecule has 150 valence electrons. The van der Waals surface area contributed by atoms with E-state index < -0.39 is 0 Å². The Balaban J connectivity index is 1.43. The molecule has 1 amide bonds. The van der Waals surface area contributed by atoms with Gasteiger partial charge in [0.25, 0.3) is 5.91 Å². The lowest BCUT2D eigenvalue weighted by molar-refractivity contribution is 0.102. The minimum atomic E-state index is -0.287. The lowest BCUT2D eigenvalue weighted by Crippen LogP contribution is -2.17. The van der Waals surface area contributed by atoms with Crippen LogP contribution in [0.5, 0.6) is 11.5 Å². The lowest BCUT2D eigenvalue weighted by Gasteiger charge is -2.18. The molecule has 0 atom stereocenters. The SMILES string of the molecule is O=C(Nc1ccc(Cl)c(-c2nc3cc(Cl)ccc3o2)c1)c1ccc2c(c1)OCCO2. The van der Waals surface area contributed by atoms with Crippen LogP contribution in [0, 0.1) is 0 Å². The molecule has 1 aromatic heterocycles. The number of hydrogen-bond donors (Lipinski definition) is 1. The van der Waals surface area contributed by atoms with Crippen molar-refractivity contribution in [3.63, 3.8) is 0 Å². The highest BCUT2D eigenvalue weighted by Gasteiger charge is 2.17. The summed E-state index contributed by atoms with van der Waals surface area (Å²) in [5.74, 6) is 1.23. The molecule has 0 radical (unpaired) electrons. The van der Waals surface area contributed by atoms with Crippen LogP contribution in [0.3, 0.4) is 0 Å². The molecule has 4 aromatic rings. The second kappa shape index (κ2) is 7.55. The number of benzene rings is 3. The van der Waals surface area contributed by atoms with Crippen molar-refractivity contribution in [2.75, 3.05) is 18.5 Å². The van der Waals surface area contributed by atoms with Crippen LogP contribution in [-0.2, 0) is 0 Å². The largest absolute Gasteiger partial charge is 0.486 e. The summed E-state index contributed by atoms with van der Waals surface area (Å²) in [7, 11) is 0. The third kappa shape index (κ3) is 3.56. The zero-order valence-electron chi connectivity index (χ0n) is 15.4. The molecule has 3 aromatic carbocycles. The summed E-state index contributed by atoms with van der Waals surface area (Å²) < 4.78 is 16.8. The molecule has 8 heteroatoms. The molecular formula is C22H14Cl2N2O4. The minimum Gasteiger partial charge on any atom is -0.486 e. The minimum absolute atomic E-state index is 0.287. The van der Waals surface area contributed by atoms with Gasteiger partial charge in [-0.1, -0.05) is 23.2 Å². The zero-order chi connectivity index (χ0) is 20.7. The van der Waals surface area contributed by atoms with Gasteiger partial charge in [0, 0.05) is 16.3 Å². The second-order valence-electron chi connectivity index (χ2n) is 6.64. The molecule has 0 saturated heterocycles. The van der Waals surface area contributed by atoms with Crippen molar-refractivity contribution in [3.8, 4) is 23.0 Å². The van der Waals surface area contributed by atoms with Crippen LogP contribution < -0.4 is 14.8 Å². The molecule has 0 spiro atoms. The number of hydrogen-bond acceptors (Lipinski definition) is 5. The Kier molecular flexibility index (Phi) is 4.73. The number of nitrogens with one attached hydrogen (secondary N) is 1. The number of rotatable bonds is 3. The lowest BCUT2D eigenvalue weighted by atomic mass is 10.1. The first kappa shape index (κ1) is 18.8. The van der Waals surface area contributed by atoms with Gasteiger partial charge in [-0.15, -0.1) is 0 Å². The predicted octanol–water partition coefficient (Wildman–Crippen LogP) is 5.83. The molecule has 0 fully saturated rings. The van der Waals surface area contributed by atoms with Gasteiger partial charge in [-0.3, -0.25) is 4.79 Å². The summed E-state index contributed by atoms with van der Waals surface area (Å²) in [6.07, 6.45) is 0. The van der Waals surface area contributed by atoms with Crippen LogP contribution in [0.2, 0.25) is 10.0 Å². The Morgan fingerprint density at radius 2 is 1.77 bits per heavy atom. The van der Waals surface area contributed by atoms with Gasteiger partial charge in [0.1, 0.15) is 18.7 Å². The van der Waals surface area contributed by atoms with Crippen LogP contribution >= 0.6 is 23.2 Å². The number of carbonyl (C=O) groups is 1. The third-order valence-corrected chi connectivity index (χ3v) is 5.17. The van der Waals surface area contributed by atoms with E-state index in [1.54, 1.807) is 54.6 Å². The molecule has 30 heavy (non-hydrogen) atoms. The first-order chi connectivity index (χ1) is 14.6. The summed E-state index contributed by atoms with van der Waals surface area (Å²) >= 11 is 12.4. The topological polar surface area (TPSA) is 73.6 Å². The van der Waals surface area contributed by atoms with E-state index in [1.165, 1.54) is 0 Å². The van der Waals surface area contributed by atoms with Gasteiger partial charge in [0.2, 0.25) is 5.89 Å². The van der Waals surface area contributed by atoms with E-state index in [-0.39, 0.29) is 5.91 Å². The fraction of sp³-hybridized carbons (Fsp3) is 0.0909. The van der Waals surface area contributed by atoms with E-state index in [1.807, 2.05) is 0 Å². The molecular weight excluding hydrogens is 427 g/mol. The summed E-state index contributed by atoms with van der Waals surface area (Å²) in [6, 6.07) is 15.4. The highest BCUT2D eigenvalue weighted by molar-refractivity contribution is 6.33. The molecule has 1 aliphatic rings. The normalized spacial score (nSPS) is 12.7. The number of ether oxygens (including phenoxy) is 2. The van der Waals surface area contributed by atoms with Crippen molar-refractivity contribution in [2.24, 2.45) is 0 Å². The molecule has 6 nitrogen and oxygen atoms in total. The number of carbonyl (C=O) groups excluding carboxylic acids is 1. The molecule has 0 saturated carbocycles. The average molecular weight is 441 g/mol. The van der Waals surface area contributed by atoms with Gasteiger partial charge in [-0.2, -0.15) is 0 Å². The summed E-state index contributed by atoms with van der Waals surface area (Å²) in [6.45, 7) is 0.947. The van der Waals surface area contributed by atoms with E-state index in [4.69, 9.17) is 37.1 Å². The van der Waals surface area contributed by atoms with E-state index in [9.17, 15) is 4.79 Å². The van der Waals surface area contributed by atoms with Crippen LogP contribution in [0.25, 0.3) is 22.6 Å². The Hall–Kier alpha value is -3.22. The fourth-order valence-corrected chi connectivity index (χ4v) is 3.54. The number of halogens is 2. The van der Waals surface area contributed by atoms with Crippen molar-refractivity contribution in [3.05, 3.63) is 70.2 Å². The van der Waals surface area contributed by atoms with Gasteiger partial charge in [0.05, 0.1) is 10.6 Å². The van der Waals surface area contributed by atoms with Gasteiger partial charge in [0.15, 0.2) is 17.1 Å². The monoisotopic (exact) mass is 440 g/mol. The van der Waals surface area contributed by atoms with Crippen LogP contribution in [0.4, 0.5) is 5.69 Å². The van der Waals surface area contributed by atoms with Crippen molar-refractivity contribution >= 4 is 45.9 Å². The highest BCUT2D eigenvalue weighted by atomic mass is 35.5. The van der Waals surface area contributed by atoms with Gasteiger partial charge in [-0.05, 0) is 54.6 Å². The maximum atomic E-state index is 12.7. The summed E-state index contributed by atoms with van der Waals surface area (Å²) in [5, 5.41) is 3.87. The van der Waals surface area contributed by atoms with Crippen LogP contribution in [-0.4, -0.2) is 24.1 Å². The Bertz CT molecular complexity index is 1290. The maximum Gasteiger partial charge on any atom is 0.255 e. The number of oxazole rings is 1. The number of anilines is 1. The first-order valence-electron chi connectivity index (χ1n) is 9.14. The fourth-order valence-electron chi connectivity index (χ4n) is 3.17. The van der Waals surface area contributed by atoms with Crippen molar-refractivity contribution < 1.29 is 18.7 Å². The molecule has 0 aliphatic carbocycles. The molecule has 0 bridgehead atoms. The van der Waals surface area contributed by atoms with Crippen molar-refractivity contribution in [1.29, 1.82) is 0 Å². The summed E-state index contributed by atoms with van der Waals surface area (Å²) in [4.78, 5) is 17.2. The molecule has 5 rings (SSSR count). The number of amides is 1. The van der Waals surface area contributed by atoms with E-state index >= 15 is 0 Å². The molecule has 1 aliphatic heterocycles. The molecule has 0 unspecified atom stereocenters. The predicted molar refractivity (Wildman–Crippen MR) is 115 cm³/mol. The maximum absolute atomic E-state index is 12.7. The van der Waals surface area contributed by atoms with E-state index in [2.05, 4.69) is 10.3 Å². The third-order valence-electron chi connectivity index (χ3n) is 4.61. The van der Waals surface area contributed by atoms with E-state index in [0.29, 0.717) is 68.6 Å². The number of nitrogens with zero attached hydrogens (tertiary/aromatic N) is 1. The highest BCUT2D eigenvalue weighted by Crippen LogP contribution is 2.34. The smallest absolute Gasteiger partial charge is 0.255 e. The first-order valence-corrected chi connectivity index (χ1v) is 9.89. The Morgan fingerprint density at radius 3 is 2.63 bits per heavy atom. The number of fused-ring (bicyclic) bond motifs is 2. The van der Waals surface area contributed by atoms with Crippen LogP contribution in [0.15, 0.2) is 59.0 Å². The van der Waals surface area contributed by atoms with Gasteiger partial charge in [-0.25, -0.2) is 4.98 Å². The number of aromatic nitrogens is 1. The standard InChI is InChI=1S/C22H14Cl2N2O4/c23-13-2-6-18-17(10-13)26-22(30-18)15-11-14(3-4-16(15)24)25-21(27)12-1-5-19-20(9-12)29-8-7-28-19/h1-6,9-11H,7-8H2,(H,25,27). The van der Waals surface area contributed by atoms with Crippen molar-refractivity contribution in [1.82, 2.24) is 4.98 Å². The average Bonchev–Trinajstić information content (AvgIpc) is 3.17. The molecule has 2 heterocycles. The Morgan fingerprint density at radius 1 is 0.933 bits per heavy atom. The molecule has 1 N–H and O–H groups in total. The zero-order valence-corrected chi connectivity index (χ0v) is 17.0. The van der Waals surface area contributed by atoms with Gasteiger partial charge >= 0.3 is 0 Å². The van der Waals surface area contributed by atoms with Crippen LogP contribution in [0.1, 0.15) is 10.4 Å². The summed E-state index contributed by atoms with van der Waals surface area (Å²) in [5.41, 5.74) is 2.78. The van der Waals surface area contributed by atoms with Crippen molar-refractivity contribution in [2.45, 2.75) is 0 Å². The van der Waals surface area contributed by atoms with Gasteiger partial charge < -0.3 is 19.2 Å². The van der Waals surface area contributed by atoms with E-state index in [0.717, 1.165) is 0 Å². The Labute approximate surface area is 181 Å².